The third kappa shape index (κ3) is 3.35. The molecule has 2 heterocycles. The number of benzene rings is 1. The molecule has 0 radical (unpaired) electrons. The van der Waals surface area contributed by atoms with Crippen LogP contribution in [0, 0.1) is 0 Å². The van der Waals surface area contributed by atoms with Gasteiger partial charge >= 0.3 is 0 Å². The number of hydrogen-bond acceptors (Lipinski definition) is 3. The molecular formula is C17H14N2OS. The topological polar surface area (TPSA) is 42.0 Å². The van der Waals surface area contributed by atoms with Crippen LogP contribution in [0.25, 0.3) is 10.4 Å². The molecule has 0 saturated heterocycles. The number of nitrogens with one attached hydrogen (secondary N) is 1. The molecule has 21 heavy (non-hydrogen) atoms. The molecule has 1 N–H and O–H groups in total. The van der Waals surface area contributed by atoms with Gasteiger partial charge in [0, 0.05) is 11.1 Å². The van der Waals surface area contributed by atoms with E-state index in [0.29, 0.717) is 11.4 Å². The number of rotatable bonds is 4. The predicted molar refractivity (Wildman–Crippen MR) is 85.2 cm³/mol. The molecule has 3 nitrogen and oxygen atoms in total. The number of amides is 1. The Morgan fingerprint density at radius 3 is 2.57 bits per heavy atom. The van der Waals surface area contributed by atoms with Crippen molar-refractivity contribution >= 4 is 17.2 Å². The second-order valence-electron chi connectivity index (χ2n) is 4.53. The summed E-state index contributed by atoms with van der Waals surface area (Å²) in [5.41, 5.74) is 1.98. The fourth-order valence-electron chi connectivity index (χ4n) is 1.98. The first-order chi connectivity index (χ1) is 10.3. The SMILES string of the molecule is O=C(NCc1ccccn1)c1ccc(-c2ccccc2)s1. The maximum Gasteiger partial charge on any atom is 0.261 e. The minimum atomic E-state index is -0.0622. The number of carbonyl (C=O) groups is 1. The number of aromatic nitrogens is 1. The Balaban J connectivity index is 1.67. The van der Waals surface area contributed by atoms with Crippen LogP contribution in [0.3, 0.4) is 0 Å². The van der Waals surface area contributed by atoms with Crippen LogP contribution in [0.2, 0.25) is 0 Å². The monoisotopic (exact) mass is 294 g/mol. The van der Waals surface area contributed by atoms with E-state index >= 15 is 0 Å². The van der Waals surface area contributed by atoms with Crippen LogP contribution in [-0.2, 0) is 6.54 Å². The van der Waals surface area contributed by atoms with Gasteiger partial charge in [0.25, 0.3) is 5.91 Å². The Morgan fingerprint density at radius 1 is 1.00 bits per heavy atom. The first kappa shape index (κ1) is 13.5. The summed E-state index contributed by atoms with van der Waals surface area (Å²) in [6.45, 7) is 0.443. The van der Waals surface area contributed by atoms with Gasteiger partial charge in [-0.1, -0.05) is 36.4 Å². The van der Waals surface area contributed by atoms with Crippen LogP contribution in [0.1, 0.15) is 15.4 Å². The lowest BCUT2D eigenvalue weighted by atomic mass is 10.2. The molecule has 0 aliphatic heterocycles. The van der Waals surface area contributed by atoms with Crippen LogP contribution in [-0.4, -0.2) is 10.9 Å². The second-order valence-corrected chi connectivity index (χ2v) is 5.62. The normalized spacial score (nSPS) is 10.3. The van der Waals surface area contributed by atoms with Crippen molar-refractivity contribution < 1.29 is 4.79 Å². The van der Waals surface area contributed by atoms with Crippen molar-refractivity contribution in [2.75, 3.05) is 0 Å². The van der Waals surface area contributed by atoms with Gasteiger partial charge in [0.05, 0.1) is 17.1 Å². The van der Waals surface area contributed by atoms with Crippen molar-refractivity contribution in [3.05, 3.63) is 77.4 Å². The van der Waals surface area contributed by atoms with Crippen molar-refractivity contribution in [3.8, 4) is 10.4 Å². The van der Waals surface area contributed by atoms with Crippen LogP contribution < -0.4 is 5.32 Å². The summed E-state index contributed by atoms with van der Waals surface area (Å²) in [7, 11) is 0. The maximum absolute atomic E-state index is 12.1. The predicted octanol–water partition coefficient (Wildman–Crippen LogP) is 3.74. The van der Waals surface area contributed by atoms with Gasteiger partial charge in [-0.05, 0) is 29.8 Å². The van der Waals surface area contributed by atoms with Gasteiger partial charge in [-0.15, -0.1) is 11.3 Å². The average Bonchev–Trinajstić information content (AvgIpc) is 3.04. The van der Waals surface area contributed by atoms with E-state index in [0.717, 1.165) is 16.1 Å². The van der Waals surface area contributed by atoms with E-state index in [4.69, 9.17) is 0 Å². The fraction of sp³-hybridized carbons (Fsp3) is 0.0588. The third-order valence-corrected chi connectivity index (χ3v) is 4.18. The summed E-state index contributed by atoms with van der Waals surface area (Å²) >= 11 is 1.50. The molecule has 1 amide bonds. The van der Waals surface area contributed by atoms with Gasteiger partial charge in [-0.25, -0.2) is 0 Å². The molecule has 0 saturated carbocycles. The van der Waals surface area contributed by atoms with Crippen molar-refractivity contribution in [2.24, 2.45) is 0 Å². The lowest BCUT2D eigenvalue weighted by Gasteiger charge is -2.02. The van der Waals surface area contributed by atoms with E-state index in [1.54, 1.807) is 6.20 Å². The highest BCUT2D eigenvalue weighted by Crippen LogP contribution is 2.27. The number of carbonyl (C=O) groups excluding carboxylic acids is 1. The van der Waals surface area contributed by atoms with Gasteiger partial charge < -0.3 is 5.32 Å². The lowest BCUT2D eigenvalue weighted by Crippen LogP contribution is -2.22. The molecule has 0 bridgehead atoms. The number of pyridine rings is 1. The highest BCUT2D eigenvalue weighted by atomic mass is 32.1. The smallest absolute Gasteiger partial charge is 0.261 e. The molecule has 3 rings (SSSR count). The number of thiophene rings is 1. The first-order valence-electron chi connectivity index (χ1n) is 6.66. The molecule has 0 spiro atoms. The summed E-state index contributed by atoms with van der Waals surface area (Å²) in [5.74, 6) is -0.0622. The Labute approximate surface area is 127 Å². The standard InChI is InChI=1S/C17H14N2OS/c20-17(19-12-14-8-4-5-11-18-14)16-10-9-15(21-16)13-6-2-1-3-7-13/h1-11H,12H2,(H,19,20). The molecule has 0 aliphatic rings. The number of nitrogens with zero attached hydrogens (tertiary/aromatic N) is 1. The molecule has 2 aromatic heterocycles. The van der Waals surface area contributed by atoms with E-state index in [-0.39, 0.29) is 5.91 Å². The first-order valence-corrected chi connectivity index (χ1v) is 7.48. The molecule has 0 fully saturated rings. The quantitative estimate of drug-likeness (QED) is 0.796. The van der Waals surface area contributed by atoms with Crippen LogP contribution >= 0.6 is 11.3 Å². The Hall–Kier alpha value is -2.46. The summed E-state index contributed by atoms with van der Waals surface area (Å²) in [5, 5.41) is 2.89. The zero-order chi connectivity index (χ0) is 14.5. The van der Waals surface area contributed by atoms with E-state index in [1.807, 2.05) is 60.7 Å². The van der Waals surface area contributed by atoms with Crippen molar-refractivity contribution in [2.45, 2.75) is 6.54 Å². The molecule has 3 aromatic rings. The van der Waals surface area contributed by atoms with Crippen molar-refractivity contribution in [1.29, 1.82) is 0 Å². The van der Waals surface area contributed by atoms with Crippen LogP contribution in [0.5, 0.6) is 0 Å². The maximum atomic E-state index is 12.1. The highest BCUT2D eigenvalue weighted by molar-refractivity contribution is 7.17. The second kappa shape index (κ2) is 6.33. The van der Waals surface area contributed by atoms with Crippen LogP contribution in [0.4, 0.5) is 0 Å². The molecule has 0 atom stereocenters. The molecule has 4 heteroatoms. The lowest BCUT2D eigenvalue weighted by molar-refractivity contribution is 0.0954. The minimum Gasteiger partial charge on any atom is -0.346 e. The highest BCUT2D eigenvalue weighted by Gasteiger charge is 2.10. The largest absolute Gasteiger partial charge is 0.346 e. The van der Waals surface area contributed by atoms with E-state index in [9.17, 15) is 4.79 Å². The van der Waals surface area contributed by atoms with E-state index in [1.165, 1.54) is 11.3 Å². The molecular weight excluding hydrogens is 280 g/mol. The minimum absolute atomic E-state index is 0.0622. The average molecular weight is 294 g/mol. The molecule has 0 unspecified atom stereocenters. The van der Waals surface area contributed by atoms with Crippen LogP contribution in [0.15, 0.2) is 66.9 Å². The molecule has 104 valence electrons. The van der Waals surface area contributed by atoms with E-state index in [2.05, 4.69) is 10.3 Å². The van der Waals surface area contributed by atoms with Gasteiger partial charge in [0.1, 0.15) is 0 Å². The number of hydrogen-bond donors (Lipinski definition) is 1. The van der Waals surface area contributed by atoms with Gasteiger partial charge in [-0.3, -0.25) is 9.78 Å². The van der Waals surface area contributed by atoms with Gasteiger partial charge in [0.2, 0.25) is 0 Å². The zero-order valence-corrected chi connectivity index (χ0v) is 12.1. The molecule has 1 aromatic carbocycles. The summed E-state index contributed by atoms with van der Waals surface area (Å²) < 4.78 is 0. The van der Waals surface area contributed by atoms with E-state index < -0.39 is 0 Å². The van der Waals surface area contributed by atoms with Gasteiger partial charge in [-0.2, -0.15) is 0 Å². The van der Waals surface area contributed by atoms with Gasteiger partial charge in [0.15, 0.2) is 0 Å². The zero-order valence-electron chi connectivity index (χ0n) is 11.3. The fourth-order valence-corrected chi connectivity index (χ4v) is 2.91. The van der Waals surface area contributed by atoms with Crippen molar-refractivity contribution in [3.63, 3.8) is 0 Å². The summed E-state index contributed by atoms with van der Waals surface area (Å²) in [4.78, 5) is 18.1. The molecule has 0 aliphatic carbocycles. The third-order valence-electron chi connectivity index (χ3n) is 3.04. The Morgan fingerprint density at radius 2 is 1.81 bits per heavy atom. The Kier molecular flexibility index (Phi) is 4.07. The summed E-state index contributed by atoms with van der Waals surface area (Å²) in [6.07, 6.45) is 1.72. The Bertz CT molecular complexity index is 723. The van der Waals surface area contributed by atoms with Crippen molar-refractivity contribution in [1.82, 2.24) is 10.3 Å². The summed E-state index contributed by atoms with van der Waals surface area (Å²) in [6, 6.07) is 19.6.